The first-order chi connectivity index (χ1) is 12.9. The highest BCUT2D eigenvalue weighted by Gasteiger charge is 2.35. The number of nitrogens with zero attached hydrogens (tertiary/aromatic N) is 2. The summed E-state index contributed by atoms with van der Waals surface area (Å²) in [6, 6.07) is 6.59. The minimum Gasteiger partial charge on any atom is -0.466 e. The number of ether oxygens (including phenoxy) is 1. The topological polar surface area (TPSA) is 84.0 Å². The van der Waals surface area contributed by atoms with Gasteiger partial charge in [-0.1, -0.05) is 19.1 Å². The quantitative estimate of drug-likeness (QED) is 0.489. The maximum Gasteiger partial charge on any atom is 0.307 e. The van der Waals surface area contributed by atoms with E-state index >= 15 is 0 Å². The van der Waals surface area contributed by atoms with Gasteiger partial charge in [-0.05, 0) is 32.4 Å². The van der Waals surface area contributed by atoms with Crippen LogP contribution in [0.15, 0.2) is 24.3 Å². The van der Waals surface area contributed by atoms with Crippen molar-refractivity contribution in [3.63, 3.8) is 0 Å². The van der Waals surface area contributed by atoms with Gasteiger partial charge in [-0.25, -0.2) is 0 Å². The lowest BCUT2D eigenvalue weighted by Crippen LogP contribution is -2.42. The highest BCUT2D eigenvalue weighted by atomic mass is 16.5. The Bertz CT molecular complexity index is 696. The van der Waals surface area contributed by atoms with E-state index in [4.69, 9.17) is 4.74 Å². The number of rotatable bonds is 9. The van der Waals surface area contributed by atoms with Crippen LogP contribution in [0.2, 0.25) is 0 Å². The number of carbonyl (C=O) groups excluding carboxylic acids is 4. The third kappa shape index (κ3) is 4.72. The Morgan fingerprint density at radius 3 is 2.19 bits per heavy atom. The molecule has 0 spiro atoms. The molecule has 1 atom stereocenters. The number of hydrogen-bond donors (Lipinski definition) is 0. The summed E-state index contributed by atoms with van der Waals surface area (Å²) in [6.07, 6.45) is 0.886. The maximum absolute atomic E-state index is 12.7. The molecule has 0 fully saturated rings. The molecule has 146 valence electrons. The van der Waals surface area contributed by atoms with Crippen molar-refractivity contribution in [3.05, 3.63) is 35.4 Å². The Morgan fingerprint density at radius 1 is 1.07 bits per heavy atom. The summed E-state index contributed by atoms with van der Waals surface area (Å²) >= 11 is 0. The Kier molecular flexibility index (Phi) is 7.10. The monoisotopic (exact) mass is 374 g/mol. The molecule has 7 nitrogen and oxygen atoms in total. The number of benzene rings is 1. The summed E-state index contributed by atoms with van der Waals surface area (Å²) < 4.78 is 4.92. The number of amides is 3. The van der Waals surface area contributed by atoms with Crippen LogP contribution in [0.4, 0.5) is 0 Å². The molecule has 27 heavy (non-hydrogen) atoms. The maximum atomic E-state index is 12.7. The lowest BCUT2D eigenvalue weighted by Gasteiger charge is -2.29. The van der Waals surface area contributed by atoms with Crippen LogP contribution in [-0.2, 0) is 14.3 Å². The Labute approximate surface area is 159 Å². The molecule has 0 bridgehead atoms. The van der Waals surface area contributed by atoms with Gasteiger partial charge in [-0.3, -0.25) is 24.1 Å². The Hall–Kier alpha value is -2.70. The molecule has 0 aliphatic carbocycles. The van der Waals surface area contributed by atoms with Crippen molar-refractivity contribution in [2.75, 3.05) is 19.7 Å². The van der Waals surface area contributed by atoms with Crippen LogP contribution in [0.25, 0.3) is 0 Å². The summed E-state index contributed by atoms with van der Waals surface area (Å²) in [5.41, 5.74) is 0.743. The van der Waals surface area contributed by atoms with Gasteiger partial charge in [0, 0.05) is 25.6 Å². The molecular formula is C20H26N2O5. The largest absolute Gasteiger partial charge is 0.466 e. The van der Waals surface area contributed by atoms with E-state index in [0.717, 1.165) is 11.3 Å². The van der Waals surface area contributed by atoms with Crippen LogP contribution in [0.5, 0.6) is 0 Å². The van der Waals surface area contributed by atoms with Crippen molar-refractivity contribution < 1.29 is 23.9 Å². The predicted molar refractivity (Wildman–Crippen MR) is 99.1 cm³/mol. The van der Waals surface area contributed by atoms with Crippen molar-refractivity contribution in [3.8, 4) is 0 Å². The summed E-state index contributed by atoms with van der Waals surface area (Å²) in [5, 5.41) is 0. The summed E-state index contributed by atoms with van der Waals surface area (Å²) in [4.78, 5) is 51.8. The normalized spacial score (nSPS) is 14.1. The lowest BCUT2D eigenvalue weighted by atomic mass is 10.1. The fraction of sp³-hybridized carbons (Fsp3) is 0.500. The molecule has 3 amide bonds. The van der Waals surface area contributed by atoms with E-state index in [9.17, 15) is 19.2 Å². The van der Waals surface area contributed by atoms with Crippen molar-refractivity contribution in [2.24, 2.45) is 0 Å². The second kappa shape index (κ2) is 9.30. The van der Waals surface area contributed by atoms with Gasteiger partial charge in [0.05, 0.1) is 24.2 Å². The van der Waals surface area contributed by atoms with Crippen LogP contribution in [0.1, 0.15) is 60.7 Å². The molecule has 0 radical (unpaired) electrons. The second-order valence-corrected chi connectivity index (χ2v) is 6.46. The number of fused-ring (bicyclic) bond motifs is 1. The van der Waals surface area contributed by atoms with E-state index < -0.39 is 0 Å². The molecule has 2 rings (SSSR count). The smallest absolute Gasteiger partial charge is 0.307 e. The van der Waals surface area contributed by atoms with Gasteiger partial charge in [0.15, 0.2) is 0 Å². The van der Waals surface area contributed by atoms with Gasteiger partial charge in [-0.15, -0.1) is 0 Å². The van der Waals surface area contributed by atoms with Gasteiger partial charge < -0.3 is 9.64 Å². The highest BCUT2D eigenvalue weighted by Crippen LogP contribution is 2.22. The van der Waals surface area contributed by atoms with E-state index in [1.165, 1.54) is 0 Å². The molecule has 1 aliphatic heterocycles. The number of esters is 1. The minimum absolute atomic E-state index is 0.0253. The van der Waals surface area contributed by atoms with Gasteiger partial charge >= 0.3 is 5.97 Å². The zero-order chi connectivity index (χ0) is 20.0. The van der Waals surface area contributed by atoms with Gasteiger partial charge in [0.25, 0.3) is 11.8 Å². The molecule has 0 N–H and O–H groups in total. The van der Waals surface area contributed by atoms with Crippen LogP contribution < -0.4 is 0 Å². The molecule has 1 aliphatic rings. The first kappa shape index (κ1) is 20.6. The standard InChI is InChI=1S/C20H26N2O5/c1-4-14(3)21(13-11-18(24)27-5-2)17(23)10-12-22-19(25)15-8-6-7-9-16(15)20(22)26/h6-9,14H,4-5,10-13H2,1-3H3. The van der Waals surface area contributed by atoms with Crippen molar-refractivity contribution in [2.45, 2.75) is 46.1 Å². The third-order valence-corrected chi connectivity index (χ3v) is 4.73. The average molecular weight is 374 g/mol. The van der Waals surface area contributed by atoms with Crippen molar-refractivity contribution in [1.82, 2.24) is 9.80 Å². The van der Waals surface area contributed by atoms with E-state index in [-0.39, 0.29) is 55.7 Å². The van der Waals surface area contributed by atoms with Crippen LogP contribution in [-0.4, -0.2) is 59.2 Å². The lowest BCUT2D eigenvalue weighted by molar-refractivity contribution is -0.144. The Morgan fingerprint density at radius 2 is 1.67 bits per heavy atom. The third-order valence-electron chi connectivity index (χ3n) is 4.73. The van der Waals surface area contributed by atoms with Gasteiger partial charge in [0.2, 0.25) is 5.91 Å². The first-order valence-electron chi connectivity index (χ1n) is 9.31. The first-order valence-corrected chi connectivity index (χ1v) is 9.31. The minimum atomic E-state index is -0.370. The SMILES string of the molecule is CCOC(=O)CCN(C(=O)CCN1C(=O)c2ccccc2C1=O)C(C)CC. The average Bonchev–Trinajstić information content (AvgIpc) is 2.91. The number of hydrogen-bond acceptors (Lipinski definition) is 5. The highest BCUT2D eigenvalue weighted by molar-refractivity contribution is 6.21. The molecular weight excluding hydrogens is 348 g/mol. The molecule has 1 heterocycles. The van der Waals surface area contributed by atoms with Crippen LogP contribution >= 0.6 is 0 Å². The molecule has 0 saturated carbocycles. The zero-order valence-corrected chi connectivity index (χ0v) is 16.1. The van der Waals surface area contributed by atoms with Crippen LogP contribution in [0, 0.1) is 0 Å². The second-order valence-electron chi connectivity index (χ2n) is 6.46. The molecule has 1 unspecified atom stereocenters. The summed E-state index contributed by atoms with van der Waals surface area (Å²) in [5.74, 6) is -1.28. The van der Waals surface area contributed by atoms with E-state index in [1.807, 2.05) is 13.8 Å². The van der Waals surface area contributed by atoms with E-state index in [0.29, 0.717) is 17.7 Å². The Balaban J connectivity index is 1.98. The molecule has 0 saturated heterocycles. The fourth-order valence-corrected chi connectivity index (χ4v) is 3.05. The number of carbonyl (C=O) groups is 4. The fourth-order valence-electron chi connectivity index (χ4n) is 3.05. The summed E-state index contributed by atoms with van der Waals surface area (Å²) in [6.45, 7) is 6.18. The molecule has 7 heteroatoms. The predicted octanol–water partition coefficient (Wildman–Crippen LogP) is 2.25. The number of imide groups is 1. The molecule has 1 aromatic rings. The molecule has 1 aromatic carbocycles. The van der Waals surface area contributed by atoms with E-state index in [1.54, 1.807) is 36.1 Å². The zero-order valence-electron chi connectivity index (χ0n) is 16.1. The molecule has 0 aromatic heterocycles. The van der Waals surface area contributed by atoms with E-state index in [2.05, 4.69) is 0 Å². The van der Waals surface area contributed by atoms with Crippen LogP contribution in [0.3, 0.4) is 0 Å². The van der Waals surface area contributed by atoms with Gasteiger partial charge in [0.1, 0.15) is 0 Å². The summed E-state index contributed by atoms with van der Waals surface area (Å²) in [7, 11) is 0. The van der Waals surface area contributed by atoms with Crippen molar-refractivity contribution >= 4 is 23.7 Å². The van der Waals surface area contributed by atoms with Gasteiger partial charge in [-0.2, -0.15) is 0 Å². The van der Waals surface area contributed by atoms with Crippen molar-refractivity contribution in [1.29, 1.82) is 0 Å².